The minimum atomic E-state index is -4.48. The van der Waals surface area contributed by atoms with Crippen LogP contribution in [0.1, 0.15) is 39.5 Å². The Kier molecular flexibility index (Phi) is 7.00. The minimum Gasteiger partial charge on any atom is -0.487 e. The molecular weight excluding hydrogens is 495 g/mol. The molecule has 0 fully saturated rings. The van der Waals surface area contributed by atoms with Crippen molar-refractivity contribution in [2.24, 2.45) is 0 Å². The summed E-state index contributed by atoms with van der Waals surface area (Å²) in [6.45, 7) is 1.23. The van der Waals surface area contributed by atoms with E-state index >= 15 is 0 Å². The molecule has 0 radical (unpaired) electrons. The smallest absolute Gasteiger partial charge is 0.416 e. The summed E-state index contributed by atoms with van der Waals surface area (Å²) in [4.78, 5) is 25.7. The number of carboxylic acids is 1. The average molecular weight is 518 g/mol. The summed E-state index contributed by atoms with van der Waals surface area (Å²) in [7, 11) is 0. The molecule has 0 aliphatic carbocycles. The first-order valence-electron chi connectivity index (χ1n) is 11.2. The molecule has 0 unspecified atom stereocenters. The number of carboxylic acid groups (broad SMARTS) is 1. The second-order valence-electron chi connectivity index (χ2n) is 9.10. The molecule has 188 valence electrons. The third kappa shape index (κ3) is 5.99. The molecule has 0 saturated carbocycles. The van der Waals surface area contributed by atoms with E-state index in [2.05, 4.69) is 0 Å². The van der Waals surface area contributed by atoms with E-state index in [1.54, 1.807) is 18.2 Å². The van der Waals surface area contributed by atoms with Gasteiger partial charge in [-0.15, -0.1) is 0 Å². The Bertz CT molecular complexity index is 1280. The Balaban J connectivity index is 1.51. The fraction of sp³-hybridized carbons (Fsp3) is 0.259. The number of hydrogen-bond acceptors (Lipinski definition) is 3. The van der Waals surface area contributed by atoms with Crippen LogP contribution >= 0.6 is 11.6 Å². The maximum Gasteiger partial charge on any atom is 0.416 e. The van der Waals surface area contributed by atoms with Crippen LogP contribution < -0.4 is 4.74 Å². The summed E-state index contributed by atoms with van der Waals surface area (Å²) < 4.78 is 44.7. The molecule has 3 aromatic rings. The van der Waals surface area contributed by atoms with Crippen LogP contribution in [0.4, 0.5) is 13.2 Å². The molecule has 1 aliphatic heterocycles. The highest BCUT2D eigenvalue weighted by Crippen LogP contribution is 2.38. The van der Waals surface area contributed by atoms with Gasteiger partial charge >= 0.3 is 12.1 Å². The quantitative estimate of drug-likeness (QED) is 0.416. The highest BCUT2D eigenvalue weighted by atomic mass is 35.5. The number of nitrogens with zero attached hydrogens (tertiary/aromatic N) is 1. The zero-order chi connectivity index (χ0) is 26.1. The Labute approximate surface area is 211 Å². The Morgan fingerprint density at radius 1 is 1.03 bits per heavy atom. The van der Waals surface area contributed by atoms with Gasteiger partial charge in [0.15, 0.2) is 0 Å². The average Bonchev–Trinajstić information content (AvgIpc) is 3.14. The van der Waals surface area contributed by atoms with Crippen molar-refractivity contribution in [3.63, 3.8) is 0 Å². The van der Waals surface area contributed by atoms with E-state index in [9.17, 15) is 27.9 Å². The molecule has 1 atom stereocenters. The van der Waals surface area contributed by atoms with Crippen LogP contribution in [0.25, 0.3) is 0 Å². The number of alkyl halides is 3. The van der Waals surface area contributed by atoms with Gasteiger partial charge in [0.05, 0.1) is 5.56 Å². The van der Waals surface area contributed by atoms with Crippen molar-refractivity contribution in [3.8, 4) is 5.75 Å². The van der Waals surface area contributed by atoms with Crippen LogP contribution in [0.15, 0.2) is 66.7 Å². The van der Waals surface area contributed by atoms with Gasteiger partial charge in [-0.2, -0.15) is 13.2 Å². The summed E-state index contributed by atoms with van der Waals surface area (Å²) in [5.74, 6) is -1.11. The Hall–Kier alpha value is -3.52. The van der Waals surface area contributed by atoms with Crippen LogP contribution in [0.2, 0.25) is 5.02 Å². The second-order valence-corrected chi connectivity index (χ2v) is 9.54. The van der Waals surface area contributed by atoms with Gasteiger partial charge in [0.2, 0.25) is 0 Å². The molecular formula is C27H23ClF3NO4. The number of hydrogen-bond donors (Lipinski definition) is 1. The lowest BCUT2D eigenvalue weighted by atomic mass is 9.91. The predicted molar refractivity (Wildman–Crippen MR) is 128 cm³/mol. The molecule has 36 heavy (non-hydrogen) atoms. The van der Waals surface area contributed by atoms with Crippen molar-refractivity contribution < 1.29 is 32.6 Å². The van der Waals surface area contributed by atoms with Gasteiger partial charge in [-0.3, -0.25) is 9.59 Å². The fourth-order valence-corrected chi connectivity index (χ4v) is 4.48. The molecule has 1 amide bonds. The number of halogens is 4. The SMILES string of the molecule is C[C@]1(Cc2ccc(Cl)cc2)Cc2cc(C(=O)N(CC(=O)O)Cc3ccc(C(F)(F)F)cc3)ccc2O1. The zero-order valence-electron chi connectivity index (χ0n) is 19.3. The van der Waals surface area contributed by atoms with Crippen molar-refractivity contribution >= 4 is 23.5 Å². The lowest BCUT2D eigenvalue weighted by Crippen LogP contribution is -2.35. The van der Waals surface area contributed by atoms with Crippen LogP contribution in [-0.4, -0.2) is 34.0 Å². The van der Waals surface area contributed by atoms with Gasteiger partial charge in [-0.1, -0.05) is 35.9 Å². The molecule has 5 nitrogen and oxygen atoms in total. The first-order chi connectivity index (χ1) is 16.9. The molecule has 1 N–H and O–H groups in total. The van der Waals surface area contributed by atoms with E-state index in [0.29, 0.717) is 29.2 Å². The van der Waals surface area contributed by atoms with E-state index in [1.165, 1.54) is 12.1 Å². The number of aliphatic carboxylic acids is 1. The monoisotopic (exact) mass is 517 g/mol. The number of benzene rings is 3. The van der Waals surface area contributed by atoms with Crippen LogP contribution in [-0.2, 0) is 30.4 Å². The van der Waals surface area contributed by atoms with Gasteiger partial charge < -0.3 is 14.7 Å². The maximum atomic E-state index is 13.2. The highest BCUT2D eigenvalue weighted by Gasteiger charge is 2.36. The molecule has 0 bridgehead atoms. The first kappa shape index (κ1) is 25.6. The normalized spacial score (nSPS) is 16.8. The number of fused-ring (bicyclic) bond motifs is 1. The summed E-state index contributed by atoms with van der Waals surface area (Å²) in [6, 6.07) is 16.7. The first-order valence-corrected chi connectivity index (χ1v) is 11.5. The van der Waals surface area contributed by atoms with Gasteiger partial charge in [-0.05, 0) is 66.1 Å². The van der Waals surface area contributed by atoms with Gasteiger partial charge in [0.25, 0.3) is 5.91 Å². The van der Waals surface area contributed by atoms with Crippen molar-refractivity contribution in [2.45, 2.75) is 38.1 Å². The lowest BCUT2D eigenvalue weighted by Gasteiger charge is -2.24. The largest absolute Gasteiger partial charge is 0.487 e. The molecule has 3 aromatic carbocycles. The number of ether oxygens (including phenoxy) is 1. The summed E-state index contributed by atoms with van der Waals surface area (Å²) in [5, 5.41) is 9.96. The van der Waals surface area contributed by atoms with E-state index < -0.39 is 35.8 Å². The summed E-state index contributed by atoms with van der Waals surface area (Å²) in [5.41, 5.74) is 1.19. The van der Waals surface area contributed by atoms with E-state index in [1.807, 2.05) is 31.2 Å². The van der Waals surface area contributed by atoms with E-state index in [-0.39, 0.29) is 12.1 Å². The predicted octanol–water partition coefficient (Wildman–Crippen LogP) is 6.02. The van der Waals surface area contributed by atoms with Crippen LogP contribution in [0.5, 0.6) is 5.75 Å². The summed E-state index contributed by atoms with van der Waals surface area (Å²) in [6.07, 6.45) is -3.31. The fourth-order valence-electron chi connectivity index (χ4n) is 4.35. The minimum absolute atomic E-state index is 0.148. The number of rotatable bonds is 7. The molecule has 4 rings (SSSR count). The topological polar surface area (TPSA) is 66.8 Å². The second kappa shape index (κ2) is 9.85. The van der Waals surface area contributed by atoms with Crippen LogP contribution in [0, 0.1) is 0 Å². The van der Waals surface area contributed by atoms with Crippen LogP contribution in [0.3, 0.4) is 0 Å². The van der Waals surface area contributed by atoms with E-state index in [4.69, 9.17) is 16.3 Å². The van der Waals surface area contributed by atoms with E-state index in [0.717, 1.165) is 28.2 Å². The number of amides is 1. The zero-order valence-corrected chi connectivity index (χ0v) is 20.1. The van der Waals surface area contributed by atoms with Gasteiger partial charge in [0, 0.05) is 30.0 Å². The molecule has 1 aliphatic rings. The Morgan fingerprint density at radius 2 is 1.67 bits per heavy atom. The van der Waals surface area contributed by atoms with Crippen molar-refractivity contribution in [1.82, 2.24) is 4.90 Å². The summed E-state index contributed by atoms with van der Waals surface area (Å²) >= 11 is 5.97. The Morgan fingerprint density at radius 3 is 2.28 bits per heavy atom. The lowest BCUT2D eigenvalue weighted by molar-refractivity contribution is -0.138. The maximum absolute atomic E-state index is 13.2. The van der Waals surface area contributed by atoms with Crippen molar-refractivity contribution in [1.29, 1.82) is 0 Å². The highest BCUT2D eigenvalue weighted by molar-refractivity contribution is 6.30. The standard InChI is InChI=1S/C27H23ClF3NO4/c1-26(13-17-4-9-22(28)10-5-17)14-20-12-19(6-11-23(20)36-26)25(35)32(16-24(33)34)15-18-2-7-21(8-3-18)27(29,30)31/h2-12H,13-16H2,1H3,(H,33,34)/t26-/m0/s1. The van der Waals surface area contributed by atoms with Gasteiger partial charge in [0.1, 0.15) is 17.9 Å². The molecule has 0 saturated heterocycles. The van der Waals surface area contributed by atoms with Crippen molar-refractivity contribution in [2.75, 3.05) is 6.54 Å². The number of carbonyl (C=O) groups excluding carboxylic acids is 1. The molecule has 0 spiro atoms. The van der Waals surface area contributed by atoms with Gasteiger partial charge in [-0.25, -0.2) is 0 Å². The number of carbonyl (C=O) groups is 2. The molecule has 1 heterocycles. The van der Waals surface area contributed by atoms with Crippen molar-refractivity contribution in [3.05, 3.63) is 99.6 Å². The molecule has 9 heteroatoms. The third-order valence-electron chi connectivity index (χ3n) is 5.99. The third-order valence-corrected chi connectivity index (χ3v) is 6.24. The molecule has 0 aromatic heterocycles.